The molecule has 0 radical (unpaired) electrons. The van der Waals surface area contributed by atoms with Gasteiger partial charge in [-0.25, -0.2) is 8.42 Å². The van der Waals surface area contributed by atoms with E-state index in [1.165, 1.54) is 0 Å². The van der Waals surface area contributed by atoms with E-state index < -0.39 is 39.7 Å². The van der Waals surface area contributed by atoms with Crippen LogP contribution in [-0.2, 0) is 35.3 Å². The van der Waals surface area contributed by atoms with Crippen LogP contribution in [0.3, 0.4) is 0 Å². The molecule has 0 amide bonds. The lowest BCUT2D eigenvalue weighted by molar-refractivity contribution is -0.164. The highest BCUT2D eigenvalue weighted by atomic mass is 35.5. The zero-order valence-corrected chi connectivity index (χ0v) is 20.5. The SMILES string of the molecule is CC(C)(C)OC(=O)C1CCC[C@H](CS(=O)(=O)CCC(=O)O)OC[C@@H]1Cc1ccc(Cl)cc1. The highest BCUT2D eigenvalue weighted by molar-refractivity contribution is 7.91. The van der Waals surface area contributed by atoms with Gasteiger partial charge in [0.05, 0.1) is 36.6 Å². The number of rotatable bonds is 8. The van der Waals surface area contributed by atoms with E-state index in [4.69, 9.17) is 26.2 Å². The molecule has 7 nitrogen and oxygen atoms in total. The van der Waals surface area contributed by atoms with Crippen LogP contribution < -0.4 is 0 Å². The summed E-state index contributed by atoms with van der Waals surface area (Å²) in [4.78, 5) is 23.7. The smallest absolute Gasteiger partial charge is 0.309 e. The number of sulfone groups is 1. The number of esters is 1. The molecule has 1 heterocycles. The Morgan fingerprint density at radius 1 is 1.19 bits per heavy atom. The molecule has 0 saturated carbocycles. The van der Waals surface area contributed by atoms with E-state index in [0.29, 0.717) is 30.7 Å². The van der Waals surface area contributed by atoms with Gasteiger partial charge in [0.25, 0.3) is 0 Å². The van der Waals surface area contributed by atoms with Gasteiger partial charge in [-0.2, -0.15) is 0 Å². The average molecular weight is 489 g/mol. The molecule has 1 fully saturated rings. The van der Waals surface area contributed by atoms with Crippen LogP contribution >= 0.6 is 11.6 Å². The summed E-state index contributed by atoms with van der Waals surface area (Å²) in [5.74, 6) is -2.59. The van der Waals surface area contributed by atoms with Gasteiger partial charge >= 0.3 is 11.9 Å². The zero-order valence-electron chi connectivity index (χ0n) is 18.9. The lowest BCUT2D eigenvalue weighted by atomic mass is 9.82. The molecular formula is C23H33ClO7S. The Kier molecular flexibility index (Phi) is 9.54. The van der Waals surface area contributed by atoms with Gasteiger partial charge in [-0.05, 0) is 70.1 Å². The van der Waals surface area contributed by atoms with Crippen LogP contribution in [0.4, 0.5) is 0 Å². The fourth-order valence-electron chi connectivity index (χ4n) is 3.81. The molecule has 9 heteroatoms. The number of ether oxygens (including phenoxy) is 2. The summed E-state index contributed by atoms with van der Waals surface area (Å²) in [6.45, 7) is 5.70. The lowest BCUT2D eigenvalue weighted by Crippen LogP contribution is -2.38. The van der Waals surface area contributed by atoms with Crippen molar-refractivity contribution in [1.82, 2.24) is 0 Å². The molecule has 1 aliphatic rings. The summed E-state index contributed by atoms with van der Waals surface area (Å²) in [5.41, 5.74) is 0.397. The van der Waals surface area contributed by atoms with E-state index >= 15 is 0 Å². The molecule has 1 unspecified atom stereocenters. The monoisotopic (exact) mass is 488 g/mol. The quantitative estimate of drug-likeness (QED) is 0.552. The molecule has 3 atom stereocenters. The van der Waals surface area contributed by atoms with Crippen LogP contribution in [0.2, 0.25) is 5.02 Å². The maximum Gasteiger partial charge on any atom is 0.309 e. The number of carbonyl (C=O) groups is 2. The fraction of sp³-hybridized carbons (Fsp3) is 0.652. The van der Waals surface area contributed by atoms with E-state index in [0.717, 1.165) is 5.56 Å². The van der Waals surface area contributed by atoms with Crippen molar-refractivity contribution in [3.63, 3.8) is 0 Å². The molecule has 1 N–H and O–H groups in total. The predicted octanol–water partition coefficient (Wildman–Crippen LogP) is 3.92. The third-order valence-corrected chi connectivity index (χ3v) is 7.30. The van der Waals surface area contributed by atoms with Gasteiger partial charge in [-0.3, -0.25) is 9.59 Å². The number of hydrogen-bond donors (Lipinski definition) is 1. The topological polar surface area (TPSA) is 107 Å². The standard InChI is InChI=1S/C23H33ClO7S/c1-23(2,3)31-22(27)20-6-4-5-19(15-32(28,29)12-11-21(25)26)30-14-17(20)13-16-7-9-18(24)10-8-16/h7-10,17,19-20H,4-6,11-15H2,1-3H3,(H,25,26)/t17-,19+,20?/m0/s1. The van der Waals surface area contributed by atoms with E-state index in [9.17, 15) is 18.0 Å². The Bertz CT molecular complexity index is 875. The van der Waals surface area contributed by atoms with Crippen molar-refractivity contribution in [2.45, 2.75) is 64.6 Å². The molecule has 0 spiro atoms. The van der Waals surface area contributed by atoms with Gasteiger partial charge in [0, 0.05) is 5.02 Å². The average Bonchev–Trinajstić information content (AvgIpc) is 2.65. The first kappa shape index (κ1) is 26.6. The van der Waals surface area contributed by atoms with E-state index in [1.54, 1.807) is 12.1 Å². The van der Waals surface area contributed by atoms with Gasteiger partial charge in [0.15, 0.2) is 9.84 Å². The predicted molar refractivity (Wildman–Crippen MR) is 122 cm³/mol. The number of hydrogen-bond acceptors (Lipinski definition) is 6. The third kappa shape index (κ3) is 9.46. The number of halogens is 1. The number of aliphatic carboxylic acids is 1. The minimum absolute atomic E-state index is 0.185. The van der Waals surface area contributed by atoms with Gasteiger partial charge in [0.1, 0.15) is 5.60 Å². The van der Waals surface area contributed by atoms with Crippen LogP contribution in [0, 0.1) is 11.8 Å². The van der Waals surface area contributed by atoms with E-state index in [1.807, 2.05) is 32.9 Å². The first-order valence-corrected chi connectivity index (χ1v) is 13.1. The van der Waals surface area contributed by atoms with Gasteiger partial charge in [0.2, 0.25) is 0 Å². The van der Waals surface area contributed by atoms with E-state index in [2.05, 4.69) is 0 Å². The maximum absolute atomic E-state index is 12.9. The zero-order chi connectivity index (χ0) is 23.9. The highest BCUT2D eigenvalue weighted by Crippen LogP contribution is 2.30. The minimum Gasteiger partial charge on any atom is -0.481 e. The van der Waals surface area contributed by atoms with Crippen molar-refractivity contribution in [2.24, 2.45) is 11.8 Å². The molecule has 32 heavy (non-hydrogen) atoms. The van der Waals surface area contributed by atoms with E-state index in [-0.39, 0.29) is 30.2 Å². The Balaban J connectivity index is 2.14. The molecular weight excluding hydrogens is 456 g/mol. The highest BCUT2D eigenvalue weighted by Gasteiger charge is 2.35. The Morgan fingerprint density at radius 3 is 2.44 bits per heavy atom. The van der Waals surface area contributed by atoms with Gasteiger partial charge in [-0.15, -0.1) is 0 Å². The fourth-order valence-corrected chi connectivity index (χ4v) is 5.42. The van der Waals surface area contributed by atoms with Crippen molar-refractivity contribution in [3.05, 3.63) is 34.9 Å². The molecule has 180 valence electrons. The number of carboxylic acid groups (broad SMARTS) is 1. The summed E-state index contributed by atoms with van der Waals surface area (Å²) < 4.78 is 36.2. The largest absolute Gasteiger partial charge is 0.481 e. The second-order valence-electron chi connectivity index (χ2n) is 9.37. The number of benzene rings is 1. The van der Waals surface area contributed by atoms with Crippen LogP contribution in [-0.4, -0.2) is 55.3 Å². The second-order valence-corrected chi connectivity index (χ2v) is 12.0. The van der Waals surface area contributed by atoms with Crippen LogP contribution in [0.25, 0.3) is 0 Å². The Labute approximate surface area is 195 Å². The molecule has 1 saturated heterocycles. The first-order valence-electron chi connectivity index (χ1n) is 10.9. The Morgan fingerprint density at radius 2 is 1.84 bits per heavy atom. The second kappa shape index (κ2) is 11.5. The van der Waals surface area contributed by atoms with Crippen molar-refractivity contribution in [2.75, 3.05) is 18.1 Å². The van der Waals surface area contributed by atoms with Crippen molar-refractivity contribution >= 4 is 33.4 Å². The van der Waals surface area contributed by atoms with Crippen molar-refractivity contribution < 1.29 is 32.6 Å². The third-order valence-electron chi connectivity index (χ3n) is 5.34. The van der Waals surface area contributed by atoms with Gasteiger partial charge < -0.3 is 14.6 Å². The molecule has 1 aromatic rings. The number of carbonyl (C=O) groups excluding carboxylic acids is 1. The molecule has 0 aliphatic carbocycles. The van der Waals surface area contributed by atoms with Crippen molar-refractivity contribution in [1.29, 1.82) is 0 Å². The lowest BCUT2D eigenvalue weighted by Gasteiger charge is -2.33. The molecule has 1 aliphatic heterocycles. The van der Waals surface area contributed by atoms with Crippen LogP contribution in [0.15, 0.2) is 24.3 Å². The Hall–Kier alpha value is -1.64. The summed E-state index contributed by atoms with van der Waals surface area (Å²) in [6.07, 6.45) is 1.29. The minimum atomic E-state index is -3.55. The molecule has 1 aromatic carbocycles. The molecule has 0 aromatic heterocycles. The van der Waals surface area contributed by atoms with Crippen LogP contribution in [0.5, 0.6) is 0 Å². The normalized spacial score (nSPS) is 22.6. The summed E-state index contributed by atoms with van der Waals surface area (Å²) in [6, 6.07) is 7.39. The summed E-state index contributed by atoms with van der Waals surface area (Å²) in [7, 11) is -3.55. The van der Waals surface area contributed by atoms with Crippen LogP contribution in [0.1, 0.15) is 52.0 Å². The summed E-state index contributed by atoms with van der Waals surface area (Å²) in [5, 5.41) is 9.39. The van der Waals surface area contributed by atoms with Gasteiger partial charge in [-0.1, -0.05) is 23.7 Å². The van der Waals surface area contributed by atoms with Crippen molar-refractivity contribution in [3.8, 4) is 0 Å². The maximum atomic E-state index is 12.9. The first-order chi connectivity index (χ1) is 14.8. The molecule has 2 rings (SSSR count). The number of carboxylic acids is 1. The summed E-state index contributed by atoms with van der Waals surface area (Å²) >= 11 is 5.99. The molecule has 0 bridgehead atoms.